The molecule has 1 atom stereocenters. The molecule has 0 saturated carbocycles. The zero-order chi connectivity index (χ0) is 25.1. The lowest BCUT2D eigenvalue weighted by Crippen LogP contribution is -2.15. The molecule has 2 N–H and O–H groups in total. The van der Waals surface area contributed by atoms with Crippen LogP contribution in [0.15, 0.2) is 109 Å². The molecule has 0 amide bonds. The van der Waals surface area contributed by atoms with Crippen molar-refractivity contribution < 1.29 is 0 Å². The van der Waals surface area contributed by atoms with Crippen LogP contribution in [0, 0.1) is 6.07 Å². The van der Waals surface area contributed by atoms with Crippen LogP contribution < -0.4 is 5.32 Å². The van der Waals surface area contributed by atoms with Gasteiger partial charge in [0, 0.05) is 22.8 Å². The summed E-state index contributed by atoms with van der Waals surface area (Å²) in [5.74, 6) is 0.781. The molecule has 1 unspecified atom stereocenters. The quantitative estimate of drug-likeness (QED) is 0.268. The Hall–Kier alpha value is -5.16. The minimum Gasteiger partial charge on any atom is -0.373 e. The monoisotopic (exact) mass is 488 g/mol. The predicted molar refractivity (Wildman–Crippen MR) is 154 cm³/mol. The first-order valence-electron chi connectivity index (χ1n) is 12.7. The highest BCUT2D eigenvalue weighted by atomic mass is 15.0. The number of benzene rings is 3. The Balaban J connectivity index is 1.40. The Labute approximate surface area is 219 Å². The van der Waals surface area contributed by atoms with Gasteiger partial charge >= 0.3 is 0 Å². The molecule has 0 fully saturated rings. The van der Waals surface area contributed by atoms with Crippen LogP contribution in [0.2, 0.25) is 0 Å². The van der Waals surface area contributed by atoms with Crippen molar-refractivity contribution in [3.63, 3.8) is 0 Å². The number of hydrogen-bond acceptors (Lipinski definition) is 3. The molecule has 0 bridgehead atoms. The van der Waals surface area contributed by atoms with Crippen LogP contribution in [-0.2, 0) is 0 Å². The molecule has 1 radical (unpaired) electrons. The van der Waals surface area contributed by atoms with Gasteiger partial charge in [-0.25, -0.2) is 9.97 Å². The van der Waals surface area contributed by atoms with Gasteiger partial charge in [0.25, 0.3) is 0 Å². The van der Waals surface area contributed by atoms with E-state index in [9.17, 15) is 0 Å². The summed E-state index contributed by atoms with van der Waals surface area (Å²) in [6, 6.07) is 39.0. The average molecular weight is 489 g/mol. The molecule has 5 nitrogen and oxygen atoms in total. The van der Waals surface area contributed by atoms with Crippen molar-refractivity contribution in [3.05, 3.63) is 127 Å². The number of nitrogens with zero attached hydrogens (tertiary/aromatic N) is 3. The van der Waals surface area contributed by atoms with E-state index < -0.39 is 0 Å². The summed E-state index contributed by atoms with van der Waals surface area (Å²) in [4.78, 5) is 13.6. The third-order valence-electron chi connectivity index (χ3n) is 7.26. The van der Waals surface area contributed by atoms with Crippen molar-refractivity contribution in [1.82, 2.24) is 19.4 Å². The fourth-order valence-corrected chi connectivity index (χ4v) is 5.46. The van der Waals surface area contributed by atoms with Gasteiger partial charge in [0.15, 0.2) is 0 Å². The molecule has 0 aliphatic carbocycles. The molecule has 0 saturated heterocycles. The first-order chi connectivity index (χ1) is 18.8. The smallest absolute Gasteiger partial charge is 0.141 e. The lowest BCUT2D eigenvalue weighted by Gasteiger charge is -2.24. The van der Waals surface area contributed by atoms with Crippen LogP contribution in [0.4, 0.5) is 5.69 Å². The standard InChI is InChI=1S/C33H22N5/c1-3-11-25-21(8-1)16-18-29(34-25)31-15-7-10-23-20-24(33-36-27-13-5-6-14-28(27)37-33)32(38(23)31)30-19-17-22-9-2-4-12-26(22)35-30/h1-19,29,34H,(H,36,37). The fraction of sp³-hybridized carbons (Fsp3) is 0.0303. The van der Waals surface area contributed by atoms with Gasteiger partial charge in [-0.3, -0.25) is 0 Å². The third kappa shape index (κ3) is 3.26. The number of nitrogens with one attached hydrogen (secondary N) is 2. The summed E-state index contributed by atoms with van der Waals surface area (Å²) in [5, 5.41) is 4.83. The Morgan fingerprint density at radius 3 is 2.53 bits per heavy atom. The molecule has 8 rings (SSSR count). The number of fused-ring (bicyclic) bond motifs is 4. The highest BCUT2D eigenvalue weighted by molar-refractivity contribution is 5.89. The van der Waals surface area contributed by atoms with Gasteiger partial charge in [-0.1, -0.05) is 72.8 Å². The molecule has 3 aromatic carbocycles. The maximum absolute atomic E-state index is 5.11. The molecular formula is C33H22N5. The lowest BCUT2D eigenvalue weighted by atomic mass is 10.0. The molecule has 179 valence electrons. The number of H-pyrrole nitrogens is 1. The summed E-state index contributed by atoms with van der Waals surface area (Å²) in [6.45, 7) is 0. The highest BCUT2D eigenvalue weighted by Gasteiger charge is 2.24. The van der Waals surface area contributed by atoms with E-state index in [0.29, 0.717) is 0 Å². The second-order valence-corrected chi connectivity index (χ2v) is 9.58. The van der Waals surface area contributed by atoms with E-state index in [1.165, 1.54) is 5.56 Å². The van der Waals surface area contributed by atoms with Gasteiger partial charge in [-0.15, -0.1) is 0 Å². The summed E-state index contributed by atoms with van der Waals surface area (Å²) in [7, 11) is 0. The molecule has 7 aromatic rings. The first kappa shape index (κ1) is 21.0. The number of aromatic amines is 1. The molecule has 4 aromatic heterocycles. The molecule has 5 heterocycles. The highest BCUT2D eigenvalue weighted by Crippen LogP contribution is 2.38. The number of hydrogen-bond donors (Lipinski definition) is 2. The topological polar surface area (TPSA) is 58.0 Å². The van der Waals surface area contributed by atoms with Crippen molar-refractivity contribution >= 4 is 39.2 Å². The molecule has 0 spiro atoms. The Morgan fingerprint density at radius 2 is 1.58 bits per heavy atom. The van der Waals surface area contributed by atoms with Gasteiger partial charge in [0.1, 0.15) is 5.82 Å². The van der Waals surface area contributed by atoms with Crippen LogP contribution in [0.5, 0.6) is 0 Å². The van der Waals surface area contributed by atoms with E-state index >= 15 is 0 Å². The molecule has 38 heavy (non-hydrogen) atoms. The molecule has 5 heteroatoms. The van der Waals surface area contributed by atoms with E-state index in [-0.39, 0.29) is 6.04 Å². The molecule has 1 aliphatic heterocycles. The minimum absolute atomic E-state index is 0.0165. The number of anilines is 1. The summed E-state index contributed by atoms with van der Waals surface area (Å²) in [6.07, 6.45) is 4.41. The summed E-state index contributed by atoms with van der Waals surface area (Å²) in [5.41, 5.74) is 10.0. The van der Waals surface area contributed by atoms with Crippen LogP contribution in [0.1, 0.15) is 17.3 Å². The lowest BCUT2D eigenvalue weighted by molar-refractivity contribution is 0.890. The second kappa shape index (κ2) is 8.18. The summed E-state index contributed by atoms with van der Waals surface area (Å²) < 4.78 is 2.27. The SMILES string of the molecule is [c]1c(-c2nc3ccccc3[nH]2)c(-c2ccc3ccccc3n2)n2c(C3C=Cc4ccccc4N3)cccc12. The van der Waals surface area contributed by atoms with E-state index in [1.807, 2.05) is 30.3 Å². The van der Waals surface area contributed by atoms with E-state index in [4.69, 9.17) is 9.97 Å². The number of para-hydroxylation sites is 4. The van der Waals surface area contributed by atoms with Crippen LogP contribution in [0.25, 0.3) is 56.3 Å². The Kier molecular flexibility index (Phi) is 4.52. The van der Waals surface area contributed by atoms with Crippen molar-refractivity contribution in [3.8, 4) is 22.8 Å². The van der Waals surface area contributed by atoms with Gasteiger partial charge in [-0.2, -0.15) is 0 Å². The van der Waals surface area contributed by atoms with Gasteiger partial charge < -0.3 is 14.7 Å². The van der Waals surface area contributed by atoms with E-state index in [2.05, 4.69) is 106 Å². The fourth-order valence-electron chi connectivity index (χ4n) is 5.46. The van der Waals surface area contributed by atoms with Crippen molar-refractivity contribution in [1.29, 1.82) is 0 Å². The minimum atomic E-state index is -0.0165. The Morgan fingerprint density at radius 1 is 0.737 bits per heavy atom. The average Bonchev–Trinajstić information content (AvgIpc) is 3.58. The maximum atomic E-state index is 5.11. The summed E-state index contributed by atoms with van der Waals surface area (Å²) >= 11 is 0. The van der Waals surface area contributed by atoms with Gasteiger partial charge in [-0.05, 0) is 48.0 Å². The van der Waals surface area contributed by atoms with Gasteiger partial charge in [0.05, 0.1) is 45.1 Å². The van der Waals surface area contributed by atoms with Crippen molar-refractivity contribution in [2.45, 2.75) is 6.04 Å². The van der Waals surface area contributed by atoms with Gasteiger partial charge in [0.2, 0.25) is 0 Å². The van der Waals surface area contributed by atoms with Crippen LogP contribution in [0.3, 0.4) is 0 Å². The van der Waals surface area contributed by atoms with Crippen molar-refractivity contribution in [2.75, 3.05) is 5.32 Å². The molecular weight excluding hydrogens is 466 g/mol. The van der Waals surface area contributed by atoms with Crippen molar-refractivity contribution in [2.24, 2.45) is 0 Å². The Bertz CT molecular complexity index is 1990. The maximum Gasteiger partial charge on any atom is 0.141 e. The zero-order valence-corrected chi connectivity index (χ0v) is 20.4. The van der Waals surface area contributed by atoms with E-state index in [1.54, 1.807) is 0 Å². The first-order valence-corrected chi connectivity index (χ1v) is 12.7. The number of pyridine rings is 2. The predicted octanol–water partition coefficient (Wildman–Crippen LogP) is 7.68. The van der Waals surface area contributed by atoms with Crippen LogP contribution >= 0.6 is 0 Å². The number of imidazole rings is 1. The molecule has 1 aliphatic rings. The van der Waals surface area contributed by atoms with Crippen LogP contribution in [-0.4, -0.2) is 19.4 Å². The number of aromatic nitrogens is 4. The normalized spacial score (nSPS) is 14.7. The third-order valence-corrected chi connectivity index (χ3v) is 7.26. The zero-order valence-electron chi connectivity index (χ0n) is 20.4. The number of rotatable bonds is 3. The second-order valence-electron chi connectivity index (χ2n) is 9.58. The van der Waals surface area contributed by atoms with E-state index in [0.717, 1.165) is 61.6 Å². The largest absolute Gasteiger partial charge is 0.373 e.